The first-order valence-corrected chi connectivity index (χ1v) is 8.62. The van der Waals surface area contributed by atoms with Crippen molar-refractivity contribution in [2.75, 3.05) is 13.2 Å². The summed E-state index contributed by atoms with van der Waals surface area (Å²) in [5, 5.41) is 18.2. The smallest absolute Gasteiger partial charge is 0.139 e. The number of ketones is 1. The molecule has 0 aliphatic heterocycles. The van der Waals surface area contributed by atoms with E-state index < -0.39 is 0 Å². The summed E-state index contributed by atoms with van der Waals surface area (Å²) in [6.07, 6.45) is 10.9. The molecule has 0 spiro atoms. The van der Waals surface area contributed by atoms with Gasteiger partial charge in [0.15, 0.2) is 0 Å². The van der Waals surface area contributed by atoms with Crippen molar-refractivity contribution in [3.8, 4) is 0 Å². The van der Waals surface area contributed by atoms with Crippen molar-refractivity contribution in [3.63, 3.8) is 0 Å². The Kier molecular flexibility index (Phi) is 12.6. The van der Waals surface area contributed by atoms with Crippen molar-refractivity contribution < 1.29 is 15.0 Å². The number of hydrogen-bond donors (Lipinski definition) is 2. The number of rotatable bonds is 12. The van der Waals surface area contributed by atoms with Crippen LogP contribution in [0.3, 0.4) is 0 Å². The fourth-order valence-corrected chi connectivity index (χ4v) is 2.31. The van der Waals surface area contributed by atoms with Gasteiger partial charge in [-0.1, -0.05) is 36.3 Å². The van der Waals surface area contributed by atoms with E-state index in [1.54, 1.807) is 0 Å². The molecule has 0 bridgehead atoms. The van der Waals surface area contributed by atoms with Crippen LogP contribution in [0.25, 0.3) is 0 Å². The maximum Gasteiger partial charge on any atom is 0.139 e. The van der Waals surface area contributed by atoms with Crippen LogP contribution < -0.4 is 0 Å². The summed E-state index contributed by atoms with van der Waals surface area (Å²) in [6.45, 7) is 8.18. The van der Waals surface area contributed by atoms with Crippen molar-refractivity contribution in [1.82, 2.24) is 0 Å². The molecule has 0 aromatic rings. The van der Waals surface area contributed by atoms with E-state index in [1.807, 2.05) is 39.8 Å². The van der Waals surface area contributed by atoms with Gasteiger partial charge in [0.25, 0.3) is 0 Å². The van der Waals surface area contributed by atoms with Gasteiger partial charge in [-0.2, -0.15) is 0 Å². The third kappa shape index (κ3) is 12.0. The minimum atomic E-state index is 0.0836. The van der Waals surface area contributed by atoms with Gasteiger partial charge in [0.05, 0.1) is 13.2 Å². The monoisotopic (exact) mass is 322 g/mol. The van der Waals surface area contributed by atoms with E-state index in [0.717, 1.165) is 37.7 Å². The zero-order valence-electron chi connectivity index (χ0n) is 15.3. The summed E-state index contributed by atoms with van der Waals surface area (Å²) in [6, 6.07) is 0. The minimum Gasteiger partial charge on any atom is -0.392 e. The topological polar surface area (TPSA) is 57.5 Å². The molecule has 132 valence electrons. The maximum atomic E-state index is 12.0. The van der Waals surface area contributed by atoms with E-state index in [2.05, 4.69) is 6.08 Å². The lowest BCUT2D eigenvalue weighted by atomic mass is 9.95. The Hall–Kier alpha value is -1.19. The Labute approximate surface area is 141 Å². The predicted molar refractivity (Wildman–Crippen MR) is 97.3 cm³/mol. The van der Waals surface area contributed by atoms with Gasteiger partial charge in [0, 0.05) is 12.3 Å². The number of aliphatic hydroxyl groups excluding tert-OH is 2. The van der Waals surface area contributed by atoms with E-state index in [9.17, 15) is 9.90 Å². The second-order valence-electron chi connectivity index (χ2n) is 6.54. The highest BCUT2D eigenvalue weighted by molar-refractivity contribution is 5.82. The molecule has 3 nitrogen and oxygen atoms in total. The normalized spacial score (nSPS) is 13.8. The van der Waals surface area contributed by atoms with Crippen LogP contribution >= 0.6 is 0 Å². The number of carbonyl (C=O) groups is 1. The first kappa shape index (κ1) is 21.8. The molecule has 3 heteroatoms. The van der Waals surface area contributed by atoms with Crippen molar-refractivity contribution in [2.45, 2.75) is 66.2 Å². The van der Waals surface area contributed by atoms with E-state index >= 15 is 0 Å². The summed E-state index contributed by atoms with van der Waals surface area (Å²) in [5.41, 5.74) is 3.40. The SMILES string of the molecule is CC(C)=CCC(=O)[C@@H](C)CCC/C(=C/CC/C(C)=C/CO)CO. The van der Waals surface area contributed by atoms with E-state index in [4.69, 9.17) is 5.11 Å². The molecule has 0 unspecified atom stereocenters. The van der Waals surface area contributed by atoms with Gasteiger partial charge in [-0.3, -0.25) is 4.79 Å². The lowest BCUT2D eigenvalue weighted by molar-refractivity contribution is -0.121. The molecule has 23 heavy (non-hydrogen) atoms. The second kappa shape index (κ2) is 13.3. The molecule has 0 amide bonds. The molecule has 0 aromatic carbocycles. The summed E-state index contributed by atoms with van der Waals surface area (Å²) in [7, 11) is 0. The second-order valence-corrected chi connectivity index (χ2v) is 6.54. The predicted octanol–water partition coefficient (Wildman–Crippen LogP) is 4.36. The number of Topliss-reactive ketones (excluding diaryl/α,β-unsaturated/α-hetero) is 1. The molecule has 1 atom stereocenters. The third-order valence-corrected chi connectivity index (χ3v) is 4.01. The molecule has 0 saturated heterocycles. The van der Waals surface area contributed by atoms with Crippen molar-refractivity contribution >= 4 is 5.78 Å². The standard InChI is InChI=1S/C20H34O3/c1-16(2)11-12-20(23)18(4)8-6-10-19(15-22)9-5-7-17(3)13-14-21/h9,11,13,18,21-22H,5-8,10,12,14-15H2,1-4H3/b17-13+,19-9-/t18-/m0/s1. The summed E-state index contributed by atoms with van der Waals surface area (Å²) in [5.74, 6) is 0.380. The summed E-state index contributed by atoms with van der Waals surface area (Å²) < 4.78 is 0. The summed E-state index contributed by atoms with van der Waals surface area (Å²) in [4.78, 5) is 12.0. The van der Waals surface area contributed by atoms with Crippen molar-refractivity contribution in [2.24, 2.45) is 5.92 Å². The number of carbonyl (C=O) groups excluding carboxylic acids is 1. The first-order valence-electron chi connectivity index (χ1n) is 8.62. The average Bonchev–Trinajstić information content (AvgIpc) is 2.50. The summed E-state index contributed by atoms with van der Waals surface area (Å²) >= 11 is 0. The Morgan fingerprint density at radius 1 is 1.04 bits per heavy atom. The molecule has 0 aromatic heterocycles. The molecule has 0 heterocycles. The van der Waals surface area contributed by atoms with Gasteiger partial charge in [0.2, 0.25) is 0 Å². The molecular formula is C20H34O3. The van der Waals surface area contributed by atoms with Gasteiger partial charge in [-0.15, -0.1) is 0 Å². The Morgan fingerprint density at radius 3 is 2.30 bits per heavy atom. The fourth-order valence-electron chi connectivity index (χ4n) is 2.31. The fraction of sp³-hybridized carbons (Fsp3) is 0.650. The largest absolute Gasteiger partial charge is 0.392 e. The number of aliphatic hydroxyl groups is 2. The van der Waals surface area contributed by atoms with Gasteiger partial charge >= 0.3 is 0 Å². The molecule has 0 aliphatic rings. The minimum absolute atomic E-state index is 0.0836. The molecule has 0 rings (SSSR count). The van der Waals surface area contributed by atoms with Crippen LogP contribution in [0.15, 0.2) is 34.9 Å². The van der Waals surface area contributed by atoms with Crippen LogP contribution in [0.1, 0.15) is 66.2 Å². The number of allylic oxidation sites excluding steroid dienone is 4. The quantitative estimate of drug-likeness (QED) is 0.525. The van der Waals surface area contributed by atoms with Crippen molar-refractivity contribution in [1.29, 1.82) is 0 Å². The van der Waals surface area contributed by atoms with E-state index in [1.165, 1.54) is 11.1 Å². The van der Waals surface area contributed by atoms with Gasteiger partial charge in [-0.25, -0.2) is 0 Å². The number of hydrogen-bond acceptors (Lipinski definition) is 3. The molecule has 0 radical (unpaired) electrons. The first-order chi connectivity index (χ1) is 10.9. The van der Waals surface area contributed by atoms with Crippen LogP contribution in [0.4, 0.5) is 0 Å². The van der Waals surface area contributed by atoms with E-state index in [0.29, 0.717) is 12.2 Å². The molecule has 2 N–H and O–H groups in total. The van der Waals surface area contributed by atoms with Crippen LogP contribution in [0.5, 0.6) is 0 Å². The van der Waals surface area contributed by atoms with Crippen LogP contribution in [-0.2, 0) is 4.79 Å². The maximum absolute atomic E-state index is 12.0. The lowest BCUT2D eigenvalue weighted by Gasteiger charge is -2.10. The Bertz CT molecular complexity index is 426. The van der Waals surface area contributed by atoms with Crippen LogP contribution in [0, 0.1) is 5.92 Å². The van der Waals surface area contributed by atoms with Gasteiger partial charge in [0.1, 0.15) is 5.78 Å². The van der Waals surface area contributed by atoms with E-state index in [-0.39, 0.29) is 19.1 Å². The highest BCUT2D eigenvalue weighted by atomic mass is 16.3. The lowest BCUT2D eigenvalue weighted by Crippen LogP contribution is -2.10. The molecule has 0 saturated carbocycles. The average molecular weight is 322 g/mol. The Balaban J connectivity index is 4.13. The molecule has 0 aliphatic carbocycles. The van der Waals surface area contributed by atoms with Gasteiger partial charge in [-0.05, 0) is 58.4 Å². The highest BCUT2D eigenvalue weighted by Gasteiger charge is 2.11. The van der Waals surface area contributed by atoms with Gasteiger partial charge < -0.3 is 10.2 Å². The van der Waals surface area contributed by atoms with Crippen molar-refractivity contribution in [3.05, 3.63) is 34.9 Å². The molecule has 0 fully saturated rings. The molecular weight excluding hydrogens is 288 g/mol. The Morgan fingerprint density at radius 2 is 1.74 bits per heavy atom. The van der Waals surface area contributed by atoms with Crippen LogP contribution in [-0.4, -0.2) is 29.2 Å². The zero-order chi connectivity index (χ0) is 17.7. The zero-order valence-corrected chi connectivity index (χ0v) is 15.3. The third-order valence-electron chi connectivity index (χ3n) is 4.01. The highest BCUT2D eigenvalue weighted by Crippen LogP contribution is 2.16. The van der Waals surface area contributed by atoms with Crippen LogP contribution in [0.2, 0.25) is 0 Å².